The normalized spacial score (nSPS) is 35.6. The Balaban J connectivity index is 1.18. The van der Waals surface area contributed by atoms with Crippen molar-refractivity contribution in [3.05, 3.63) is 23.3 Å². The van der Waals surface area contributed by atoms with E-state index in [1.807, 2.05) is 4.90 Å². The molecule has 4 aliphatic heterocycles. The first kappa shape index (κ1) is 22.5. The number of piperidine rings is 3. The maximum Gasteiger partial charge on any atom is 0.410 e. The van der Waals surface area contributed by atoms with Gasteiger partial charge in [0.25, 0.3) is 0 Å². The van der Waals surface area contributed by atoms with Crippen molar-refractivity contribution in [3.8, 4) is 11.5 Å². The Labute approximate surface area is 203 Å². The molecule has 4 heterocycles. The lowest BCUT2D eigenvalue weighted by Gasteiger charge is -2.47. The van der Waals surface area contributed by atoms with Crippen molar-refractivity contribution >= 4 is 6.09 Å². The van der Waals surface area contributed by atoms with Crippen LogP contribution in [0.15, 0.2) is 12.1 Å². The number of fused-ring (bicyclic) bond motifs is 4. The van der Waals surface area contributed by atoms with Gasteiger partial charge in [-0.1, -0.05) is 13.8 Å². The van der Waals surface area contributed by atoms with Gasteiger partial charge in [-0.05, 0) is 66.2 Å². The lowest BCUT2D eigenvalue weighted by atomic mass is 9.74. The monoisotopic (exact) mass is 469 g/mol. The topological polar surface area (TPSA) is 63.3 Å². The van der Waals surface area contributed by atoms with E-state index in [0.717, 1.165) is 50.5 Å². The Morgan fingerprint density at radius 3 is 2.68 bits per heavy atom. The first-order valence-electron chi connectivity index (χ1n) is 13.1. The maximum absolute atomic E-state index is 13.0. The van der Waals surface area contributed by atoms with E-state index in [9.17, 15) is 4.79 Å². The maximum atomic E-state index is 13.0. The molecule has 34 heavy (non-hydrogen) atoms. The summed E-state index contributed by atoms with van der Waals surface area (Å²) in [5.41, 5.74) is 2.71. The average molecular weight is 470 g/mol. The fourth-order valence-electron chi connectivity index (χ4n) is 7.57. The number of methoxy groups -OCH3 is 2. The molecular formula is C27H39N3O4. The first-order valence-corrected chi connectivity index (χ1v) is 13.1. The predicted octanol–water partition coefficient (Wildman–Crippen LogP) is 3.32. The smallest absolute Gasteiger partial charge is 0.410 e. The first-order chi connectivity index (χ1) is 16.5. The van der Waals surface area contributed by atoms with E-state index < -0.39 is 0 Å². The second kappa shape index (κ2) is 8.59. The van der Waals surface area contributed by atoms with Crippen LogP contribution in [-0.4, -0.2) is 75.0 Å². The van der Waals surface area contributed by atoms with Crippen molar-refractivity contribution in [1.82, 2.24) is 15.1 Å². The molecule has 0 bridgehead atoms. The fraction of sp³-hybridized carbons (Fsp3) is 0.741. The number of likely N-dealkylation sites (tertiary alicyclic amines) is 1. The number of ether oxygens (including phenoxy) is 3. The number of hydrogen-bond acceptors (Lipinski definition) is 6. The predicted molar refractivity (Wildman–Crippen MR) is 129 cm³/mol. The average Bonchev–Trinajstić information content (AvgIpc) is 3.19. The summed E-state index contributed by atoms with van der Waals surface area (Å²) in [5.74, 6) is 4.50. The SMILES string of the molecule is COc1cc2c(cc1OC)C1CC(COC(=O)N3CC4C5[C@@H]4NC[C@H]53)C(CC(C)C)CN1CC2. The van der Waals surface area contributed by atoms with Gasteiger partial charge in [-0.2, -0.15) is 0 Å². The van der Waals surface area contributed by atoms with Gasteiger partial charge in [0.15, 0.2) is 11.5 Å². The van der Waals surface area contributed by atoms with E-state index in [2.05, 4.69) is 36.2 Å². The van der Waals surface area contributed by atoms with Gasteiger partial charge >= 0.3 is 6.09 Å². The number of rotatable bonds is 6. The molecule has 1 N–H and O–H groups in total. The van der Waals surface area contributed by atoms with E-state index in [-0.39, 0.29) is 6.09 Å². The second-order valence-electron chi connectivity index (χ2n) is 11.5. The van der Waals surface area contributed by atoms with Gasteiger partial charge in [0.05, 0.1) is 26.9 Å². The van der Waals surface area contributed by atoms with Crippen molar-refractivity contribution in [1.29, 1.82) is 0 Å². The Morgan fingerprint density at radius 1 is 1.15 bits per heavy atom. The quantitative estimate of drug-likeness (QED) is 0.690. The molecule has 0 aromatic heterocycles. The summed E-state index contributed by atoms with van der Waals surface area (Å²) in [7, 11) is 3.41. The highest BCUT2D eigenvalue weighted by molar-refractivity contribution is 5.69. The van der Waals surface area contributed by atoms with E-state index in [4.69, 9.17) is 14.2 Å². The Hall–Kier alpha value is -1.99. The van der Waals surface area contributed by atoms with Gasteiger partial charge in [-0.3, -0.25) is 4.90 Å². The van der Waals surface area contributed by atoms with Crippen molar-refractivity contribution in [2.24, 2.45) is 29.6 Å². The largest absolute Gasteiger partial charge is 0.493 e. The van der Waals surface area contributed by atoms with Gasteiger partial charge in [0.1, 0.15) is 0 Å². The summed E-state index contributed by atoms with van der Waals surface area (Å²) in [4.78, 5) is 17.7. The summed E-state index contributed by atoms with van der Waals surface area (Å²) in [5, 5.41) is 3.56. The summed E-state index contributed by atoms with van der Waals surface area (Å²) < 4.78 is 17.2. The molecule has 7 atom stereocenters. The molecule has 1 amide bonds. The van der Waals surface area contributed by atoms with Crippen molar-refractivity contribution in [3.63, 3.8) is 0 Å². The summed E-state index contributed by atoms with van der Waals surface area (Å²) in [6.45, 7) is 9.08. The standard InChI is InChI=1S/C27H39N3O4/c1-15(2)7-17-12-29-6-5-16-9-23(32-3)24(33-4)10-19(16)21(29)8-18(17)14-34-27(31)30-13-20-25-22(30)11-28-26(20)25/h9-10,15,17-18,20-22,25-26,28H,5-8,11-14H2,1-4H3/t17?,18?,20?,21?,22-,25?,26-/m1/s1. The van der Waals surface area contributed by atoms with E-state index in [1.54, 1.807) is 14.2 Å². The van der Waals surface area contributed by atoms with Crippen LogP contribution in [0.4, 0.5) is 4.79 Å². The Bertz CT molecular complexity index is 952. The van der Waals surface area contributed by atoms with Crippen LogP contribution in [-0.2, 0) is 11.2 Å². The lowest BCUT2D eigenvalue weighted by molar-refractivity contribution is 0.00454. The van der Waals surface area contributed by atoms with Crippen LogP contribution in [0.25, 0.3) is 0 Å². The zero-order chi connectivity index (χ0) is 23.6. The van der Waals surface area contributed by atoms with Crippen LogP contribution in [0.2, 0.25) is 0 Å². The van der Waals surface area contributed by atoms with Gasteiger partial charge in [-0.25, -0.2) is 4.79 Å². The molecule has 7 nitrogen and oxygen atoms in total. The van der Waals surface area contributed by atoms with Crippen LogP contribution in [0.1, 0.15) is 43.9 Å². The number of nitrogens with zero attached hydrogens (tertiary/aromatic N) is 2. The van der Waals surface area contributed by atoms with Crippen LogP contribution in [0.5, 0.6) is 11.5 Å². The van der Waals surface area contributed by atoms with Crippen LogP contribution < -0.4 is 14.8 Å². The van der Waals surface area contributed by atoms with E-state index in [0.29, 0.717) is 54.3 Å². The molecule has 1 saturated carbocycles. The van der Waals surface area contributed by atoms with Crippen LogP contribution in [0.3, 0.4) is 0 Å². The van der Waals surface area contributed by atoms with Gasteiger partial charge in [0.2, 0.25) is 0 Å². The third kappa shape index (κ3) is 3.67. The highest BCUT2D eigenvalue weighted by atomic mass is 16.6. The minimum atomic E-state index is -0.0965. The molecule has 5 aliphatic rings. The molecule has 1 aliphatic carbocycles. The summed E-state index contributed by atoms with van der Waals surface area (Å²) in [6.07, 6.45) is 3.13. The summed E-state index contributed by atoms with van der Waals surface area (Å²) in [6, 6.07) is 5.69. The minimum absolute atomic E-state index is 0.0965. The molecular weight excluding hydrogens is 430 g/mol. The van der Waals surface area contributed by atoms with Gasteiger partial charge in [-0.15, -0.1) is 0 Å². The zero-order valence-corrected chi connectivity index (χ0v) is 21.0. The Morgan fingerprint density at radius 2 is 1.94 bits per heavy atom. The molecule has 6 rings (SSSR count). The van der Waals surface area contributed by atoms with Gasteiger partial charge < -0.3 is 24.4 Å². The third-order valence-corrected chi connectivity index (χ3v) is 9.25. The van der Waals surface area contributed by atoms with Crippen LogP contribution >= 0.6 is 0 Å². The van der Waals surface area contributed by atoms with Crippen LogP contribution in [0, 0.1) is 29.6 Å². The van der Waals surface area contributed by atoms with Gasteiger partial charge in [0, 0.05) is 44.2 Å². The Kier molecular flexibility index (Phi) is 5.68. The second-order valence-corrected chi connectivity index (χ2v) is 11.5. The summed E-state index contributed by atoms with van der Waals surface area (Å²) >= 11 is 0. The molecule has 3 saturated heterocycles. The molecule has 7 heteroatoms. The van der Waals surface area contributed by atoms with Crippen molar-refractivity contribution in [2.75, 3.05) is 47.0 Å². The van der Waals surface area contributed by atoms with E-state index in [1.165, 1.54) is 17.5 Å². The zero-order valence-electron chi connectivity index (χ0n) is 21.0. The fourth-order valence-corrected chi connectivity index (χ4v) is 7.57. The van der Waals surface area contributed by atoms with Crippen molar-refractivity contribution in [2.45, 2.75) is 51.2 Å². The molecule has 186 valence electrons. The number of carbonyl (C=O) groups excluding carboxylic acids is 1. The molecule has 0 spiro atoms. The third-order valence-electron chi connectivity index (χ3n) is 9.25. The molecule has 1 aromatic rings. The molecule has 0 radical (unpaired) electrons. The minimum Gasteiger partial charge on any atom is -0.493 e. The molecule has 5 unspecified atom stereocenters. The highest BCUT2D eigenvalue weighted by Gasteiger charge is 2.66. The van der Waals surface area contributed by atoms with Crippen molar-refractivity contribution < 1.29 is 19.0 Å². The number of amides is 1. The number of benzene rings is 1. The van der Waals surface area contributed by atoms with E-state index >= 15 is 0 Å². The number of hydrogen-bond donors (Lipinski definition) is 1. The lowest BCUT2D eigenvalue weighted by Crippen LogP contribution is -2.48. The molecule has 4 fully saturated rings. The number of carbonyl (C=O) groups is 1. The highest BCUT2D eigenvalue weighted by Crippen LogP contribution is 2.53. The number of nitrogens with one attached hydrogen (secondary N) is 1. The molecule has 1 aromatic carbocycles.